The lowest BCUT2D eigenvalue weighted by Crippen LogP contribution is -2.15. The van der Waals surface area contributed by atoms with Crippen LogP contribution in [-0.4, -0.2) is 26.1 Å². The fourth-order valence-electron chi connectivity index (χ4n) is 1.99. The highest BCUT2D eigenvalue weighted by Crippen LogP contribution is 2.21. The molecule has 3 heterocycles. The molecule has 1 unspecified atom stereocenters. The van der Waals surface area contributed by atoms with E-state index in [1.54, 1.807) is 18.7 Å². The number of imidazole rings is 1. The van der Waals surface area contributed by atoms with Crippen molar-refractivity contribution in [1.29, 1.82) is 0 Å². The smallest absolute Gasteiger partial charge is 0.156 e. The Bertz CT molecular complexity index is 459. The summed E-state index contributed by atoms with van der Waals surface area (Å²) < 4.78 is 1.87. The molecule has 1 aliphatic heterocycles. The molecule has 0 aromatic carbocycles. The molecule has 82 valence electrons. The van der Waals surface area contributed by atoms with Crippen molar-refractivity contribution in [2.24, 2.45) is 0 Å². The van der Waals surface area contributed by atoms with Gasteiger partial charge in [-0.3, -0.25) is 9.55 Å². The molecule has 1 atom stereocenters. The molecule has 2 aromatic rings. The Morgan fingerprint density at radius 3 is 3.06 bits per heavy atom. The van der Waals surface area contributed by atoms with Crippen LogP contribution in [0.25, 0.3) is 5.82 Å². The Balaban J connectivity index is 1.93. The molecule has 1 saturated heterocycles. The predicted molar refractivity (Wildman–Crippen MR) is 59.1 cm³/mol. The molecule has 0 spiro atoms. The van der Waals surface area contributed by atoms with Crippen molar-refractivity contribution in [3.8, 4) is 5.82 Å². The molecule has 1 fully saturated rings. The molecular formula is C11H13N5. The summed E-state index contributed by atoms with van der Waals surface area (Å²) in [5, 5.41) is 3.42. The minimum atomic E-state index is 0.357. The van der Waals surface area contributed by atoms with Crippen molar-refractivity contribution in [3.05, 3.63) is 36.8 Å². The number of nitrogens with one attached hydrogen (secondary N) is 1. The molecule has 0 saturated carbocycles. The van der Waals surface area contributed by atoms with Crippen LogP contribution >= 0.6 is 0 Å². The maximum atomic E-state index is 4.60. The molecule has 2 aromatic heterocycles. The van der Waals surface area contributed by atoms with E-state index < -0.39 is 0 Å². The van der Waals surface area contributed by atoms with Gasteiger partial charge in [-0.15, -0.1) is 0 Å². The number of aromatic nitrogens is 4. The first-order valence-electron chi connectivity index (χ1n) is 5.47. The predicted octanol–water partition coefficient (Wildman–Crippen LogP) is 1.09. The molecule has 16 heavy (non-hydrogen) atoms. The van der Waals surface area contributed by atoms with E-state index in [1.807, 2.05) is 17.0 Å². The van der Waals surface area contributed by atoms with Crippen molar-refractivity contribution < 1.29 is 0 Å². The van der Waals surface area contributed by atoms with Gasteiger partial charge in [-0.2, -0.15) is 0 Å². The van der Waals surface area contributed by atoms with E-state index in [0.29, 0.717) is 6.04 Å². The van der Waals surface area contributed by atoms with E-state index in [2.05, 4.69) is 20.3 Å². The monoisotopic (exact) mass is 215 g/mol. The highest BCUT2D eigenvalue weighted by molar-refractivity contribution is 5.21. The van der Waals surface area contributed by atoms with E-state index in [1.165, 1.54) is 6.42 Å². The summed E-state index contributed by atoms with van der Waals surface area (Å²) >= 11 is 0. The quantitative estimate of drug-likeness (QED) is 0.814. The van der Waals surface area contributed by atoms with Crippen molar-refractivity contribution >= 4 is 0 Å². The average Bonchev–Trinajstić information content (AvgIpc) is 3.03. The first kappa shape index (κ1) is 9.47. The maximum absolute atomic E-state index is 4.60. The van der Waals surface area contributed by atoms with Crippen molar-refractivity contribution in [2.45, 2.75) is 18.9 Å². The number of nitrogens with zero attached hydrogens (tertiary/aromatic N) is 4. The summed E-state index contributed by atoms with van der Waals surface area (Å²) in [6.45, 7) is 1.07. The summed E-state index contributed by atoms with van der Waals surface area (Å²) in [5.74, 6) is 0.823. The summed E-state index contributed by atoms with van der Waals surface area (Å²) in [7, 11) is 0. The SMILES string of the molecule is c1cn(-c2cncc(C3CCCN3)n2)cn1. The fraction of sp³-hybridized carbons (Fsp3) is 0.364. The van der Waals surface area contributed by atoms with Gasteiger partial charge in [0, 0.05) is 12.4 Å². The molecule has 0 aliphatic carbocycles. The highest BCUT2D eigenvalue weighted by Gasteiger charge is 2.18. The van der Waals surface area contributed by atoms with E-state index in [0.717, 1.165) is 24.5 Å². The second-order valence-electron chi connectivity index (χ2n) is 3.92. The summed E-state index contributed by atoms with van der Waals surface area (Å²) in [4.78, 5) is 12.8. The van der Waals surface area contributed by atoms with Crippen LogP contribution in [0, 0.1) is 0 Å². The van der Waals surface area contributed by atoms with Crippen molar-refractivity contribution in [2.75, 3.05) is 6.54 Å². The third kappa shape index (κ3) is 1.69. The Labute approximate surface area is 93.6 Å². The van der Waals surface area contributed by atoms with Gasteiger partial charge in [-0.25, -0.2) is 9.97 Å². The van der Waals surface area contributed by atoms with Crippen LogP contribution in [-0.2, 0) is 0 Å². The molecule has 5 nitrogen and oxygen atoms in total. The van der Waals surface area contributed by atoms with E-state index >= 15 is 0 Å². The Morgan fingerprint density at radius 1 is 1.31 bits per heavy atom. The van der Waals surface area contributed by atoms with Crippen LogP contribution in [0.1, 0.15) is 24.6 Å². The molecule has 1 N–H and O–H groups in total. The molecular weight excluding hydrogens is 202 g/mol. The van der Waals surface area contributed by atoms with Crippen LogP contribution in [0.2, 0.25) is 0 Å². The van der Waals surface area contributed by atoms with Crippen molar-refractivity contribution in [1.82, 2.24) is 24.8 Å². The van der Waals surface area contributed by atoms with E-state index in [-0.39, 0.29) is 0 Å². The minimum absolute atomic E-state index is 0.357. The first-order valence-corrected chi connectivity index (χ1v) is 5.47. The van der Waals surface area contributed by atoms with Gasteiger partial charge < -0.3 is 5.32 Å². The van der Waals surface area contributed by atoms with Gasteiger partial charge in [0.1, 0.15) is 6.33 Å². The first-order chi connectivity index (χ1) is 7.93. The van der Waals surface area contributed by atoms with Gasteiger partial charge in [-0.05, 0) is 19.4 Å². The van der Waals surface area contributed by atoms with E-state index in [9.17, 15) is 0 Å². The van der Waals surface area contributed by atoms with Crippen LogP contribution in [0.15, 0.2) is 31.1 Å². The topological polar surface area (TPSA) is 55.6 Å². The lowest BCUT2D eigenvalue weighted by atomic mass is 10.2. The zero-order valence-corrected chi connectivity index (χ0v) is 8.87. The molecule has 0 bridgehead atoms. The van der Waals surface area contributed by atoms with Gasteiger partial charge in [0.25, 0.3) is 0 Å². The summed E-state index contributed by atoms with van der Waals surface area (Å²) in [6, 6.07) is 0.357. The molecule has 0 amide bonds. The normalized spacial score (nSPS) is 20.1. The van der Waals surface area contributed by atoms with Crippen LogP contribution in [0.4, 0.5) is 0 Å². The zero-order chi connectivity index (χ0) is 10.8. The van der Waals surface area contributed by atoms with Gasteiger partial charge in [-0.1, -0.05) is 0 Å². The molecule has 3 rings (SSSR count). The molecule has 1 aliphatic rings. The lowest BCUT2D eigenvalue weighted by molar-refractivity contribution is 0.621. The number of rotatable bonds is 2. The Kier molecular flexibility index (Phi) is 2.38. The van der Waals surface area contributed by atoms with E-state index in [4.69, 9.17) is 0 Å². The van der Waals surface area contributed by atoms with Crippen LogP contribution in [0.3, 0.4) is 0 Å². The van der Waals surface area contributed by atoms with Gasteiger partial charge in [0.2, 0.25) is 0 Å². The second-order valence-corrected chi connectivity index (χ2v) is 3.92. The average molecular weight is 215 g/mol. The molecule has 5 heteroatoms. The number of hydrogen-bond donors (Lipinski definition) is 1. The number of hydrogen-bond acceptors (Lipinski definition) is 4. The summed E-state index contributed by atoms with van der Waals surface area (Å²) in [5.41, 5.74) is 1.02. The van der Waals surface area contributed by atoms with Gasteiger partial charge in [0.15, 0.2) is 5.82 Å². The standard InChI is InChI=1S/C11H13N5/c1-2-9(14-3-1)10-6-13-7-11(15-10)16-5-4-12-8-16/h4-9,14H,1-3H2. The summed E-state index contributed by atoms with van der Waals surface area (Å²) in [6.07, 6.45) is 11.3. The fourth-order valence-corrected chi connectivity index (χ4v) is 1.99. The largest absolute Gasteiger partial charge is 0.309 e. The van der Waals surface area contributed by atoms with Crippen LogP contribution in [0.5, 0.6) is 0 Å². The molecule has 0 radical (unpaired) electrons. The third-order valence-corrected chi connectivity index (χ3v) is 2.83. The minimum Gasteiger partial charge on any atom is -0.309 e. The second kappa shape index (κ2) is 4.02. The highest BCUT2D eigenvalue weighted by atomic mass is 15.1. The lowest BCUT2D eigenvalue weighted by Gasteiger charge is -2.10. The Hall–Kier alpha value is -1.75. The van der Waals surface area contributed by atoms with Gasteiger partial charge in [0.05, 0.1) is 24.1 Å². The Morgan fingerprint density at radius 2 is 2.31 bits per heavy atom. The van der Waals surface area contributed by atoms with Gasteiger partial charge >= 0.3 is 0 Å². The zero-order valence-electron chi connectivity index (χ0n) is 8.87. The van der Waals surface area contributed by atoms with Crippen LogP contribution < -0.4 is 5.32 Å². The van der Waals surface area contributed by atoms with Crippen molar-refractivity contribution in [3.63, 3.8) is 0 Å². The third-order valence-electron chi connectivity index (χ3n) is 2.83. The maximum Gasteiger partial charge on any atom is 0.156 e.